The molecule has 5 aromatic rings. The number of hydrogen-bond donors (Lipinski definition) is 1. The van der Waals surface area contributed by atoms with Gasteiger partial charge in [-0.3, -0.25) is 9.48 Å². The third kappa shape index (κ3) is 6.14. The molecule has 0 saturated carbocycles. The van der Waals surface area contributed by atoms with E-state index in [-0.39, 0.29) is 11.2 Å². The van der Waals surface area contributed by atoms with Crippen molar-refractivity contribution in [2.24, 2.45) is 0 Å². The molecule has 0 bridgehead atoms. The van der Waals surface area contributed by atoms with Crippen LogP contribution in [0.3, 0.4) is 0 Å². The first-order chi connectivity index (χ1) is 19.8. The van der Waals surface area contributed by atoms with Gasteiger partial charge in [0.15, 0.2) is 28.1 Å². The number of amides is 1. The number of rotatable bonds is 11. The number of aromatic nitrogens is 6. The van der Waals surface area contributed by atoms with Gasteiger partial charge in [-0.25, -0.2) is 9.97 Å². The molecule has 1 atom stereocenters. The molecule has 0 saturated heterocycles. The van der Waals surface area contributed by atoms with E-state index in [1.165, 1.54) is 17.3 Å². The molecule has 41 heavy (non-hydrogen) atoms. The fourth-order valence-corrected chi connectivity index (χ4v) is 5.69. The summed E-state index contributed by atoms with van der Waals surface area (Å²) in [5, 5.41) is 13.5. The molecule has 11 heteroatoms. The maximum absolute atomic E-state index is 13.2. The predicted molar refractivity (Wildman–Crippen MR) is 160 cm³/mol. The van der Waals surface area contributed by atoms with Gasteiger partial charge in [-0.05, 0) is 44.9 Å². The standard InChI is InChI=1S/C30H35N7O3S/c1-7-26(29(38)31-17-21-10-8-18(2)9-11-21)41-30-32-23-16-25(40-6)24(39-5)15-22(23)28-33-27(35-37(28)30)12-13-36-20(4)14-19(3)34-36/h8-11,14-16,26H,7,12-13,17H2,1-6H3,(H,31,38). The Hall–Kier alpha value is -4.12. The molecule has 1 N–H and O–H groups in total. The summed E-state index contributed by atoms with van der Waals surface area (Å²) in [4.78, 5) is 23.1. The Bertz CT molecular complexity index is 1690. The van der Waals surface area contributed by atoms with Crippen molar-refractivity contribution >= 4 is 34.2 Å². The number of carbonyl (C=O) groups excluding carboxylic acids is 1. The molecule has 10 nitrogen and oxygen atoms in total. The first-order valence-electron chi connectivity index (χ1n) is 13.6. The maximum atomic E-state index is 13.2. The lowest BCUT2D eigenvalue weighted by atomic mass is 10.1. The highest BCUT2D eigenvalue weighted by molar-refractivity contribution is 8.00. The van der Waals surface area contributed by atoms with E-state index in [1.54, 1.807) is 18.7 Å². The van der Waals surface area contributed by atoms with Crippen molar-refractivity contribution in [3.63, 3.8) is 0 Å². The number of benzene rings is 2. The summed E-state index contributed by atoms with van der Waals surface area (Å²) >= 11 is 1.38. The number of carbonyl (C=O) groups is 1. The Kier molecular flexibility index (Phi) is 8.44. The Morgan fingerprint density at radius 1 is 1.00 bits per heavy atom. The Morgan fingerprint density at radius 2 is 1.73 bits per heavy atom. The van der Waals surface area contributed by atoms with Gasteiger partial charge in [-0.2, -0.15) is 9.61 Å². The molecule has 2 aromatic carbocycles. The predicted octanol–water partition coefficient (Wildman–Crippen LogP) is 4.85. The Morgan fingerprint density at radius 3 is 2.39 bits per heavy atom. The van der Waals surface area contributed by atoms with Crippen molar-refractivity contribution in [1.29, 1.82) is 0 Å². The molecule has 1 unspecified atom stereocenters. The summed E-state index contributed by atoms with van der Waals surface area (Å²) in [6.07, 6.45) is 1.22. The highest BCUT2D eigenvalue weighted by atomic mass is 32.2. The van der Waals surface area contributed by atoms with Crippen molar-refractivity contribution in [3.8, 4) is 11.5 Å². The third-order valence-electron chi connectivity index (χ3n) is 6.94. The smallest absolute Gasteiger partial charge is 0.233 e. The number of nitrogens with one attached hydrogen (secondary N) is 1. The van der Waals surface area contributed by atoms with E-state index in [4.69, 9.17) is 24.5 Å². The zero-order valence-corrected chi connectivity index (χ0v) is 25.1. The van der Waals surface area contributed by atoms with E-state index < -0.39 is 0 Å². The van der Waals surface area contributed by atoms with Gasteiger partial charge < -0.3 is 14.8 Å². The fraction of sp³-hybridized carbons (Fsp3) is 0.367. The number of nitrogens with zero attached hydrogens (tertiary/aromatic N) is 6. The molecule has 1 amide bonds. The van der Waals surface area contributed by atoms with Crippen LogP contribution in [0, 0.1) is 20.8 Å². The molecule has 214 valence electrons. The van der Waals surface area contributed by atoms with Gasteiger partial charge in [0.1, 0.15) is 0 Å². The molecule has 0 radical (unpaired) electrons. The quantitative estimate of drug-likeness (QED) is 0.177. The van der Waals surface area contributed by atoms with Crippen LogP contribution in [-0.2, 0) is 24.3 Å². The summed E-state index contributed by atoms with van der Waals surface area (Å²) < 4.78 is 14.8. The molecular weight excluding hydrogens is 538 g/mol. The van der Waals surface area contributed by atoms with Gasteiger partial charge >= 0.3 is 0 Å². The SMILES string of the molecule is CCC(Sc1nc2cc(OC)c(OC)cc2c2nc(CCn3nc(C)cc3C)nn12)C(=O)NCc1ccc(C)cc1. The number of methoxy groups -OCH3 is 2. The average Bonchev–Trinajstić information content (AvgIpc) is 3.55. The molecule has 0 aliphatic carbocycles. The minimum atomic E-state index is -0.365. The van der Waals surface area contributed by atoms with Crippen molar-refractivity contribution in [2.45, 2.75) is 64.0 Å². The van der Waals surface area contributed by atoms with Gasteiger partial charge in [-0.1, -0.05) is 48.5 Å². The second kappa shape index (κ2) is 12.2. The monoisotopic (exact) mass is 573 g/mol. The van der Waals surface area contributed by atoms with Crippen molar-refractivity contribution in [2.75, 3.05) is 14.2 Å². The van der Waals surface area contributed by atoms with Gasteiger partial charge in [0, 0.05) is 36.7 Å². The summed E-state index contributed by atoms with van der Waals surface area (Å²) in [6, 6.07) is 13.9. The lowest BCUT2D eigenvalue weighted by molar-refractivity contribution is -0.120. The van der Waals surface area contributed by atoms with E-state index in [0.717, 1.165) is 22.3 Å². The van der Waals surface area contributed by atoms with Crippen LogP contribution in [0.15, 0.2) is 47.6 Å². The number of aryl methyl sites for hydroxylation is 5. The normalized spacial score (nSPS) is 12.1. The van der Waals surface area contributed by atoms with Gasteiger partial charge in [-0.15, -0.1) is 5.10 Å². The summed E-state index contributed by atoms with van der Waals surface area (Å²) in [7, 11) is 3.20. The third-order valence-corrected chi connectivity index (χ3v) is 8.25. The molecule has 3 heterocycles. The van der Waals surface area contributed by atoms with Gasteiger partial charge in [0.2, 0.25) is 5.91 Å². The van der Waals surface area contributed by atoms with E-state index in [0.29, 0.717) is 59.6 Å². The van der Waals surface area contributed by atoms with E-state index in [9.17, 15) is 4.79 Å². The van der Waals surface area contributed by atoms with Gasteiger partial charge in [0.25, 0.3) is 0 Å². The first kappa shape index (κ1) is 28.4. The minimum Gasteiger partial charge on any atom is -0.493 e. The largest absolute Gasteiger partial charge is 0.493 e. The number of thioether (sulfide) groups is 1. The topological polar surface area (TPSA) is 108 Å². The zero-order chi connectivity index (χ0) is 29.1. The fourth-order valence-electron chi connectivity index (χ4n) is 4.70. The van der Waals surface area contributed by atoms with Crippen molar-refractivity contribution in [3.05, 3.63) is 70.8 Å². The molecule has 0 fully saturated rings. The molecule has 0 aliphatic rings. The lowest BCUT2D eigenvalue weighted by Gasteiger charge is -2.16. The summed E-state index contributed by atoms with van der Waals surface area (Å²) in [5.41, 5.74) is 5.65. The second-order valence-electron chi connectivity index (χ2n) is 10.0. The first-order valence-corrected chi connectivity index (χ1v) is 14.5. The van der Waals surface area contributed by atoms with Crippen LogP contribution in [-0.4, -0.2) is 54.7 Å². The number of ether oxygens (including phenoxy) is 2. The lowest BCUT2D eigenvalue weighted by Crippen LogP contribution is -2.32. The highest BCUT2D eigenvalue weighted by Gasteiger charge is 2.23. The van der Waals surface area contributed by atoms with Crippen LogP contribution >= 0.6 is 11.8 Å². The number of hydrogen-bond acceptors (Lipinski definition) is 8. The van der Waals surface area contributed by atoms with Gasteiger partial charge in [0.05, 0.1) is 30.7 Å². The molecule has 0 aliphatic heterocycles. The summed E-state index contributed by atoms with van der Waals surface area (Å²) in [6.45, 7) is 9.18. The van der Waals surface area contributed by atoms with E-state index >= 15 is 0 Å². The highest BCUT2D eigenvalue weighted by Crippen LogP contribution is 2.35. The van der Waals surface area contributed by atoms with Crippen LogP contribution < -0.4 is 14.8 Å². The van der Waals surface area contributed by atoms with Crippen LogP contribution in [0.1, 0.15) is 41.7 Å². The molecule has 3 aromatic heterocycles. The van der Waals surface area contributed by atoms with Crippen molar-refractivity contribution < 1.29 is 14.3 Å². The average molecular weight is 574 g/mol. The minimum absolute atomic E-state index is 0.0506. The zero-order valence-electron chi connectivity index (χ0n) is 24.3. The van der Waals surface area contributed by atoms with Crippen LogP contribution in [0.4, 0.5) is 0 Å². The summed E-state index contributed by atoms with van der Waals surface area (Å²) in [5.74, 6) is 1.77. The second-order valence-corrected chi connectivity index (χ2v) is 11.2. The van der Waals surface area contributed by atoms with Crippen LogP contribution in [0.5, 0.6) is 11.5 Å². The number of fused-ring (bicyclic) bond motifs is 3. The van der Waals surface area contributed by atoms with E-state index in [1.807, 2.05) is 68.8 Å². The van der Waals surface area contributed by atoms with Crippen molar-refractivity contribution in [1.82, 2.24) is 34.7 Å². The molecule has 0 spiro atoms. The molecular formula is C30H35N7O3S. The Labute approximate surface area is 243 Å². The van der Waals surface area contributed by atoms with Crippen LogP contribution in [0.25, 0.3) is 16.6 Å². The maximum Gasteiger partial charge on any atom is 0.233 e. The molecule has 5 rings (SSSR count). The Balaban J connectivity index is 1.48. The van der Waals surface area contributed by atoms with E-state index in [2.05, 4.69) is 16.5 Å². The van der Waals surface area contributed by atoms with Crippen LogP contribution in [0.2, 0.25) is 0 Å².